The van der Waals surface area contributed by atoms with Crippen molar-refractivity contribution in [2.75, 3.05) is 12.9 Å². The minimum Gasteiger partial charge on any atom is -0.497 e. The topological polar surface area (TPSA) is 72.5 Å². The van der Waals surface area contributed by atoms with Gasteiger partial charge in [0.15, 0.2) is 0 Å². The molecule has 0 fully saturated rings. The van der Waals surface area contributed by atoms with E-state index in [-0.39, 0.29) is 0 Å². The van der Waals surface area contributed by atoms with Crippen LogP contribution in [0.1, 0.15) is 24.8 Å². The highest BCUT2D eigenvalue weighted by molar-refractivity contribution is 7.98. The van der Waals surface area contributed by atoms with Gasteiger partial charge in [0.05, 0.1) is 7.11 Å². The number of carboxylic acid groups (broad SMARTS) is 1. The predicted molar refractivity (Wildman–Crippen MR) is 78.6 cm³/mol. The summed E-state index contributed by atoms with van der Waals surface area (Å²) in [6.07, 6.45) is 2.42. The fraction of sp³-hybridized carbons (Fsp3) is 0.500. The maximum Gasteiger partial charge on any atom is 0.320 e. The van der Waals surface area contributed by atoms with E-state index in [9.17, 15) is 4.79 Å². The van der Waals surface area contributed by atoms with E-state index in [1.54, 1.807) is 7.11 Å². The number of hydrogen-bond donors (Lipinski definition) is 2. The van der Waals surface area contributed by atoms with Gasteiger partial charge in [0.2, 0.25) is 0 Å². The molecule has 1 aromatic carbocycles. The number of thioether (sulfide) groups is 1. The molecule has 0 unspecified atom stereocenters. The quantitative estimate of drug-likeness (QED) is 0.681. The van der Waals surface area contributed by atoms with Crippen molar-refractivity contribution in [2.24, 2.45) is 5.73 Å². The number of rotatable bonds is 9. The Morgan fingerprint density at radius 1 is 1.37 bits per heavy atom. The zero-order valence-corrected chi connectivity index (χ0v) is 12.0. The van der Waals surface area contributed by atoms with E-state index in [1.807, 2.05) is 23.9 Å². The highest BCUT2D eigenvalue weighted by Gasteiger charge is 2.09. The molecule has 1 atom stereocenters. The molecule has 0 aliphatic heterocycles. The van der Waals surface area contributed by atoms with Gasteiger partial charge in [-0.3, -0.25) is 4.79 Å². The van der Waals surface area contributed by atoms with E-state index in [4.69, 9.17) is 15.6 Å². The molecule has 0 heterocycles. The molecule has 1 rings (SSSR count). The number of ether oxygens (including phenoxy) is 1. The minimum atomic E-state index is -0.911. The fourth-order valence-electron chi connectivity index (χ4n) is 1.60. The summed E-state index contributed by atoms with van der Waals surface area (Å²) >= 11 is 1.85. The maximum atomic E-state index is 10.5. The molecule has 3 N–H and O–H groups in total. The van der Waals surface area contributed by atoms with Crippen molar-refractivity contribution in [3.05, 3.63) is 29.8 Å². The van der Waals surface area contributed by atoms with Crippen molar-refractivity contribution in [3.8, 4) is 5.75 Å². The zero-order chi connectivity index (χ0) is 14.1. The molecule has 4 nitrogen and oxygen atoms in total. The predicted octanol–water partition coefficient (Wildman–Crippen LogP) is 2.51. The number of methoxy groups -OCH3 is 1. The van der Waals surface area contributed by atoms with E-state index < -0.39 is 12.0 Å². The second-order valence-corrected chi connectivity index (χ2v) is 5.45. The van der Waals surface area contributed by atoms with Gasteiger partial charge >= 0.3 is 5.97 Å². The monoisotopic (exact) mass is 283 g/mol. The summed E-state index contributed by atoms with van der Waals surface area (Å²) in [6.45, 7) is 0. The number of carbonyl (C=O) groups is 1. The number of aliphatic carboxylic acids is 1. The van der Waals surface area contributed by atoms with Crippen LogP contribution < -0.4 is 10.5 Å². The van der Waals surface area contributed by atoms with Crippen LogP contribution in [0.2, 0.25) is 0 Å². The summed E-state index contributed by atoms with van der Waals surface area (Å²) in [5.74, 6) is 1.95. The molecule has 0 aliphatic rings. The molecule has 5 heteroatoms. The number of nitrogens with two attached hydrogens (primary N) is 1. The number of unbranched alkanes of at least 4 members (excludes halogenated alkanes) is 1. The Morgan fingerprint density at radius 2 is 2.05 bits per heavy atom. The van der Waals surface area contributed by atoms with Crippen molar-refractivity contribution in [1.29, 1.82) is 0 Å². The Labute approximate surface area is 118 Å². The Morgan fingerprint density at radius 3 is 2.63 bits per heavy atom. The third-order valence-electron chi connectivity index (χ3n) is 2.80. The van der Waals surface area contributed by atoms with Gasteiger partial charge in [-0.25, -0.2) is 0 Å². The lowest BCUT2D eigenvalue weighted by Crippen LogP contribution is -2.29. The second kappa shape index (κ2) is 8.82. The Balaban J connectivity index is 2.08. The molecule has 106 valence electrons. The SMILES string of the molecule is COc1ccc(CSCCCC[C@@H](N)C(=O)O)cc1. The maximum absolute atomic E-state index is 10.5. The summed E-state index contributed by atoms with van der Waals surface area (Å²) in [7, 11) is 1.66. The largest absolute Gasteiger partial charge is 0.497 e. The molecule has 0 radical (unpaired) electrons. The fourth-order valence-corrected chi connectivity index (χ4v) is 2.58. The van der Waals surface area contributed by atoms with E-state index >= 15 is 0 Å². The molecule has 0 saturated carbocycles. The van der Waals surface area contributed by atoms with E-state index in [0.717, 1.165) is 30.1 Å². The first-order chi connectivity index (χ1) is 9.13. The third-order valence-corrected chi connectivity index (χ3v) is 3.91. The summed E-state index contributed by atoms with van der Waals surface area (Å²) < 4.78 is 5.10. The molecule has 0 aromatic heterocycles. The Hall–Kier alpha value is -1.20. The van der Waals surface area contributed by atoms with Crippen LogP contribution in [-0.4, -0.2) is 30.0 Å². The molecule has 0 saturated heterocycles. The van der Waals surface area contributed by atoms with Crippen LogP contribution in [0.3, 0.4) is 0 Å². The van der Waals surface area contributed by atoms with Crippen LogP contribution in [-0.2, 0) is 10.5 Å². The summed E-state index contributed by atoms with van der Waals surface area (Å²) in [5.41, 5.74) is 6.70. The van der Waals surface area contributed by atoms with Gasteiger partial charge in [-0.05, 0) is 36.3 Å². The minimum absolute atomic E-state index is 0.554. The highest BCUT2D eigenvalue weighted by atomic mass is 32.2. The van der Waals surface area contributed by atoms with E-state index in [2.05, 4.69) is 12.1 Å². The van der Waals surface area contributed by atoms with Crippen molar-refractivity contribution < 1.29 is 14.6 Å². The van der Waals surface area contributed by atoms with Crippen molar-refractivity contribution in [1.82, 2.24) is 0 Å². The number of hydrogen-bond acceptors (Lipinski definition) is 4. The van der Waals surface area contributed by atoms with E-state index in [0.29, 0.717) is 6.42 Å². The zero-order valence-electron chi connectivity index (χ0n) is 11.2. The normalized spacial score (nSPS) is 12.1. The molecular weight excluding hydrogens is 262 g/mol. The first-order valence-electron chi connectivity index (χ1n) is 6.32. The van der Waals surface area contributed by atoms with Crippen molar-refractivity contribution >= 4 is 17.7 Å². The standard InChI is InChI=1S/C14H21NO3S/c1-18-12-7-5-11(6-8-12)10-19-9-3-2-4-13(15)14(16)17/h5-8,13H,2-4,9-10,15H2,1H3,(H,16,17)/t13-/m1/s1. The van der Waals surface area contributed by atoms with Crippen LogP contribution in [0.25, 0.3) is 0 Å². The number of benzene rings is 1. The summed E-state index contributed by atoms with van der Waals surface area (Å²) in [6, 6.07) is 7.33. The third kappa shape index (κ3) is 6.50. The van der Waals surface area contributed by atoms with Crippen molar-refractivity contribution in [3.63, 3.8) is 0 Å². The lowest BCUT2D eigenvalue weighted by atomic mass is 10.1. The number of carboxylic acids is 1. The molecule has 0 amide bonds. The first kappa shape index (κ1) is 15.9. The van der Waals surface area contributed by atoms with Gasteiger partial charge in [0.1, 0.15) is 11.8 Å². The van der Waals surface area contributed by atoms with Crippen LogP contribution in [0, 0.1) is 0 Å². The first-order valence-corrected chi connectivity index (χ1v) is 7.48. The summed E-state index contributed by atoms with van der Waals surface area (Å²) in [4.78, 5) is 10.5. The second-order valence-electron chi connectivity index (χ2n) is 4.34. The van der Waals surface area contributed by atoms with Crippen LogP contribution in [0.4, 0.5) is 0 Å². The van der Waals surface area contributed by atoms with Gasteiger partial charge < -0.3 is 15.6 Å². The van der Waals surface area contributed by atoms with Crippen LogP contribution >= 0.6 is 11.8 Å². The van der Waals surface area contributed by atoms with Gasteiger partial charge in [0, 0.05) is 5.75 Å². The average molecular weight is 283 g/mol. The van der Waals surface area contributed by atoms with Crippen LogP contribution in [0.15, 0.2) is 24.3 Å². The molecule has 0 aliphatic carbocycles. The van der Waals surface area contributed by atoms with Gasteiger partial charge in [-0.1, -0.05) is 18.6 Å². The van der Waals surface area contributed by atoms with Crippen molar-refractivity contribution in [2.45, 2.75) is 31.1 Å². The summed E-state index contributed by atoms with van der Waals surface area (Å²) in [5, 5.41) is 8.64. The van der Waals surface area contributed by atoms with E-state index in [1.165, 1.54) is 5.56 Å². The molecule has 19 heavy (non-hydrogen) atoms. The molecule has 1 aromatic rings. The molecular formula is C14H21NO3S. The Kier molecular flexibility index (Phi) is 7.36. The lowest BCUT2D eigenvalue weighted by molar-refractivity contribution is -0.138. The van der Waals surface area contributed by atoms with Gasteiger partial charge in [0.25, 0.3) is 0 Å². The smallest absolute Gasteiger partial charge is 0.320 e. The molecule has 0 bridgehead atoms. The van der Waals surface area contributed by atoms with Gasteiger partial charge in [-0.15, -0.1) is 0 Å². The van der Waals surface area contributed by atoms with Gasteiger partial charge in [-0.2, -0.15) is 11.8 Å². The lowest BCUT2D eigenvalue weighted by Gasteiger charge is -2.06. The Bertz CT molecular complexity index is 381. The average Bonchev–Trinajstić information content (AvgIpc) is 2.42. The highest BCUT2D eigenvalue weighted by Crippen LogP contribution is 2.17. The van der Waals surface area contributed by atoms with Crippen LogP contribution in [0.5, 0.6) is 5.75 Å². The molecule has 0 spiro atoms.